The monoisotopic (exact) mass is 423 g/mol. The van der Waals surface area contributed by atoms with Crippen LogP contribution in [-0.2, 0) is 11.2 Å². The van der Waals surface area contributed by atoms with Crippen LogP contribution in [0.1, 0.15) is 36.6 Å². The highest BCUT2D eigenvalue weighted by molar-refractivity contribution is 5.77. The van der Waals surface area contributed by atoms with E-state index in [2.05, 4.69) is 0 Å². The molecule has 3 aromatic rings. The largest absolute Gasteiger partial charge is 0.493 e. The molecular formula is C25H26FNO4. The van der Waals surface area contributed by atoms with Gasteiger partial charge in [0.15, 0.2) is 11.5 Å². The fourth-order valence-corrected chi connectivity index (χ4v) is 4.16. The number of ether oxygens (including phenoxy) is 2. The van der Waals surface area contributed by atoms with Gasteiger partial charge in [-0.3, -0.25) is 4.79 Å². The van der Waals surface area contributed by atoms with Gasteiger partial charge in [0, 0.05) is 19.4 Å². The molecule has 1 fully saturated rings. The summed E-state index contributed by atoms with van der Waals surface area (Å²) in [6, 6.07) is 15.9. The lowest BCUT2D eigenvalue weighted by Gasteiger charge is -2.25. The molecule has 0 spiro atoms. The van der Waals surface area contributed by atoms with Crippen LogP contribution >= 0.6 is 0 Å². The van der Waals surface area contributed by atoms with Gasteiger partial charge in [0.25, 0.3) is 0 Å². The van der Waals surface area contributed by atoms with Gasteiger partial charge in [-0.2, -0.15) is 0 Å². The first-order chi connectivity index (χ1) is 15.1. The normalized spacial score (nSPS) is 15.8. The summed E-state index contributed by atoms with van der Waals surface area (Å²) in [5.41, 5.74) is 1.47. The Morgan fingerprint density at radius 2 is 1.90 bits per heavy atom. The number of benzene rings is 2. The van der Waals surface area contributed by atoms with Crippen molar-refractivity contribution < 1.29 is 23.1 Å². The fourth-order valence-electron chi connectivity index (χ4n) is 4.16. The van der Waals surface area contributed by atoms with Gasteiger partial charge in [-0.15, -0.1) is 0 Å². The standard InChI is InChI=1S/C25H26FNO4/c1-29-23-12-9-17(16-24(23)30-2)21-8-5-15-27(21)25(28)14-11-18-10-13-22(31-18)19-6-3-4-7-20(19)26/h3-4,6-7,9-10,12-13,16,21H,5,8,11,14-15H2,1-2H3. The molecule has 1 aliphatic heterocycles. The Morgan fingerprint density at radius 3 is 2.68 bits per heavy atom. The third-order valence-corrected chi connectivity index (χ3v) is 5.75. The highest BCUT2D eigenvalue weighted by Gasteiger charge is 2.30. The number of hydrogen-bond acceptors (Lipinski definition) is 4. The van der Waals surface area contributed by atoms with Gasteiger partial charge in [-0.25, -0.2) is 4.39 Å². The van der Waals surface area contributed by atoms with E-state index in [-0.39, 0.29) is 17.8 Å². The second-order valence-corrected chi connectivity index (χ2v) is 7.61. The van der Waals surface area contributed by atoms with Gasteiger partial charge in [0.2, 0.25) is 5.91 Å². The highest BCUT2D eigenvalue weighted by atomic mass is 19.1. The van der Waals surface area contributed by atoms with E-state index in [0.717, 1.165) is 24.9 Å². The van der Waals surface area contributed by atoms with Crippen molar-refractivity contribution in [2.24, 2.45) is 0 Å². The molecule has 31 heavy (non-hydrogen) atoms. The van der Waals surface area contributed by atoms with E-state index in [4.69, 9.17) is 13.9 Å². The van der Waals surface area contributed by atoms with E-state index in [0.29, 0.717) is 41.4 Å². The molecule has 1 saturated heterocycles. The summed E-state index contributed by atoms with van der Waals surface area (Å²) in [5, 5.41) is 0. The van der Waals surface area contributed by atoms with E-state index >= 15 is 0 Å². The molecule has 1 aliphatic rings. The quantitative estimate of drug-likeness (QED) is 0.511. The molecule has 0 radical (unpaired) electrons. The molecule has 5 nitrogen and oxygen atoms in total. The molecule has 0 bridgehead atoms. The van der Waals surface area contributed by atoms with E-state index < -0.39 is 0 Å². The second-order valence-electron chi connectivity index (χ2n) is 7.61. The third kappa shape index (κ3) is 4.43. The first kappa shape index (κ1) is 21.0. The van der Waals surface area contributed by atoms with Crippen LogP contribution in [0.5, 0.6) is 11.5 Å². The Morgan fingerprint density at radius 1 is 1.10 bits per heavy atom. The molecule has 1 atom stereocenters. The average Bonchev–Trinajstić information content (AvgIpc) is 3.47. The summed E-state index contributed by atoms with van der Waals surface area (Å²) in [6.45, 7) is 0.733. The number of halogens is 1. The summed E-state index contributed by atoms with van der Waals surface area (Å²) in [5.74, 6) is 2.25. The second kappa shape index (κ2) is 9.25. The molecule has 2 aromatic carbocycles. The number of carbonyl (C=O) groups excluding carboxylic acids is 1. The smallest absolute Gasteiger partial charge is 0.223 e. The maximum atomic E-state index is 14.0. The summed E-state index contributed by atoms with van der Waals surface area (Å²) in [7, 11) is 3.22. The molecule has 1 unspecified atom stereocenters. The van der Waals surface area contributed by atoms with Crippen LogP contribution in [0.3, 0.4) is 0 Å². The number of methoxy groups -OCH3 is 2. The minimum atomic E-state index is -0.325. The Balaban J connectivity index is 1.42. The van der Waals surface area contributed by atoms with Crippen LogP contribution in [0.4, 0.5) is 4.39 Å². The lowest BCUT2D eigenvalue weighted by molar-refractivity contribution is -0.132. The van der Waals surface area contributed by atoms with Crippen LogP contribution in [0.15, 0.2) is 59.0 Å². The molecular weight excluding hydrogens is 397 g/mol. The van der Waals surface area contributed by atoms with E-state index in [1.807, 2.05) is 29.2 Å². The Labute approximate surface area is 181 Å². The first-order valence-corrected chi connectivity index (χ1v) is 10.5. The number of rotatable bonds is 7. The predicted molar refractivity (Wildman–Crippen MR) is 116 cm³/mol. The first-order valence-electron chi connectivity index (χ1n) is 10.5. The van der Waals surface area contributed by atoms with Crippen molar-refractivity contribution in [1.82, 2.24) is 4.90 Å². The molecule has 6 heteroatoms. The number of furan rings is 1. The van der Waals surface area contributed by atoms with Crippen LogP contribution in [0.25, 0.3) is 11.3 Å². The van der Waals surface area contributed by atoms with Crippen LogP contribution in [-0.4, -0.2) is 31.6 Å². The SMILES string of the molecule is COc1ccc(C2CCCN2C(=O)CCc2ccc(-c3ccccc3F)o2)cc1OC. The van der Waals surface area contributed by atoms with Gasteiger partial charge >= 0.3 is 0 Å². The van der Waals surface area contributed by atoms with Crippen molar-refractivity contribution in [2.45, 2.75) is 31.7 Å². The zero-order chi connectivity index (χ0) is 21.8. The van der Waals surface area contributed by atoms with Crippen molar-refractivity contribution in [2.75, 3.05) is 20.8 Å². The molecule has 0 aliphatic carbocycles. The number of likely N-dealkylation sites (tertiary alicyclic amines) is 1. The number of nitrogens with zero attached hydrogens (tertiary/aromatic N) is 1. The minimum Gasteiger partial charge on any atom is -0.493 e. The zero-order valence-corrected chi connectivity index (χ0v) is 17.8. The van der Waals surface area contributed by atoms with E-state index in [9.17, 15) is 9.18 Å². The Kier molecular flexibility index (Phi) is 6.26. The van der Waals surface area contributed by atoms with Gasteiger partial charge in [0.1, 0.15) is 17.3 Å². The number of aryl methyl sites for hydroxylation is 1. The van der Waals surface area contributed by atoms with Crippen molar-refractivity contribution in [3.05, 3.63) is 71.7 Å². The molecule has 1 aromatic heterocycles. The summed E-state index contributed by atoms with van der Waals surface area (Å²) in [6.07, 6.45) is 2.69. The molecule has 4 rings (SSSR count). The summed E-state index contributed by atoms with van der Waals surface area (Å²) >= 11 is 0. The van der Waals surface area contributed by atoms with Crippen LogP contribution in [0.2, 0.25) is 0 Å². The van der Waals surface area contributed by atoms with E-state index in [1.165, 1.54) is 6.07 Å². The summed E-state index contributed by atoms with van der Waals surface area (Å²) < 4.78 is 30.5. The maximum absolute atomic E-state index is 14.0. The van der Waals surface area contributed by atoms with Gasteiger partial charge in [-0.1, -0.05) is 18.2 Å². The van der Waals surface area contributed by atoms with Crippen molar-refractivity contribution >= 4 is 5.91 Å². The third-order valence-electron chi connectivity index (χ3n) is 5.75. The minimum absolute atomic E-state index is 0.0258. The van der Waals surface area contributed by atoms with Gasteiger partial charge < -0.3 is 18.8 Å². The maximum Gasteiger partial charge on any atom is 0.223 e. The Bertz CT molecular complexity index is 1060. The zero-order valence-electron chi connectivity index (χ0n) is 17.8. The molecule has 0 N–H and O–H groups in total. The Hall–Kier alpha value is -3.28. The predicted octanol–water partition coefficient (Wildman–Crippen LogP) is 5.40. The van der Waals surface area contributed by atoms with Gasteiger partial charge in [0.05, 0.1) is 25.8 Å². The van der Waals surface area contributed by atoms with Crippen molar-refractivity contribution in [1.29, 1.82) is 0 Å². The van der Waals surface area contributed by atoms with Gasteiger partial charge in [-0.05, 0) is 54.8 Å². The lowest BCUT2D eigenvalue weighted by atomic mass is 10.0. The molecule has 162 valence electrons. The average molecular weight is 423 g/mol. The van der Waals surface area contributed by atoms with Crippen LogP contribution < -0.4 is 9.47 Å². The number of hydrogen-bond donors (Lipinski definition) is 0. The highest BCUT2D eigenvalue weighted by Crippen LogP contribution is 2.37. The molecule has 1 amide bonds. The molecule has 2 heterocycles. The van der Waals surface area contributed by atoms with Crippen LogP contribution in [0, 0.1) is 5.82 Å². The fraction of sp³-hybridized carbons (Fsp3) is 0.320. The van der Waals surface area contributed by atoms with E-state index in [1.54, 1.807) is 38.5 Å². The van der Waals surface area contributed by atoms with Crippen molar-refractivity contribution in [3.63, 3.8) is 0 Å². The molecule has 0 saturated carbocycles. The number of carbonyl (C=O) groups is 1. The topological polar surface area (TPSA) is 51.9 Å². The number of amides is 1. The summed E-state index contributed by atoms with van der Waals surface area (Å²) in [4.78, 5) is 14.9. The lowest BCUT2D eigenvalue weighted by Crippen LogP contribution is -2.30. The van der Waals surface area contributed by atoms with Crippen molar-refractivity contribution in [3.8, 4) is 22.8 Å².